The normalized spacial score (nSPS) is 16.7. The number of ether oxygens (including phenoxy) is 1. The van der Waals surface area contributed by atoms with Crippen molar-refractivity contribution in [1.29, 1.82) is 0 Å². The van der Waals surface area contributed by atoms with Gasteiger partial charge in [-0.1, -0.05) is 12.1 Å². The van der Waals surface area contributed by atoms with E-state index in [0.717, 1.165) is 5.69 Å². The van der Waals surface area contributed by atoms with E-state index < -0.39 is 5.67 Å². The van der Waals surface area contributed by atoms with Crippen LogP contribution < -0.4 is 4.74 Å². The number of amides is 1. The number of aromatic nitrogens is 2. The summed E-state index contributed by atoms with van der Waals surface area (Å²) >= 11 is 0. The number of alkyl halides is 1. The first-order chi connectivity index (χ1) is 11.5. The molecule has 1 aliphatic rings. The molecule has 24 heavy (non-hydrogen) atoms. The van der Waals surface area contributed by atoms with Crippen LogP contribution in [0.15, 0.2) is 36.4 Å². The monoisotopic (exact) mass is 329 g/mol. The summed E-state index contributed by atoms with van der Waals surface area (Å²) in [7, 11) is 1.56. The van der Waals surface area contributed by atoms with Crippen LogP contribution in [0.1, 0.15) is 34.6 Å². The lowest BCUT2D eigenvalue weighted by atomic mass is 9.86. The Hall–Kier alpha value is -2.50. The minimum atomic E-state index is -1.44. The van der Waals surface area contributed by atoms with E-state index >= 15 is 4.39 Å². The Morgan fingerprint density at radius 2 is 1.96 bits per heavy atom. The number of carbonyl (C=O) groups is 1. The molecule has 3 rings (SSSR count). The number of carbonyl (C=O) groups excluding carboxylic acids is 1. The summed E-state index contributed by atoms with van der Waals surface area (Å²) in [5.74, 6) is 0.438. The molecule has 2 aromatic rings. The van der Waals surface area contributed by atoms with Gasteiger partial charge in [-0.15, -0.1) is 5.10 Å². The van der Waals surface area contributed by atoms with Crippen LogP contribution in [-0.2, 0) is 5.67 Å². The first-order valence-corrected chi connectivity index (χ1v) is 7.95. The van der Waals surface area contributed by atoms with Crippen molar-refractivity contribution in [3.05, 3.63) is 53.3 Å². The van der Waals surface area contributed by atoms with Crippen LogP contribution in [-0.4, -0.2) is 41.2 Å². The third kappa shape index (κ3) is 3.22. The highest BCUT2D eigenvalue weighted by atomic mass is 19.1. The molecule has 0 N–H and O–H groups in total. The van der Waals surface area contributed by atoms with Gasteiger partial charge in [-0.25, -0.2) is 4.39 Å². The highest BCUT2D eigenvalue weighted by Gasteiger charge is 2.38. The number of nitrogens with zero attached hydrogens (tertiary/aromatic N) is 3. The molecule has 6 heteroatoms. The van der Waals surface area contributed by atoms with Crippen LogP contribution in [0.3, 0.4) is 0 Å². The fourth-order valence-corrected chi connectivity index (χ4v) is 2.93. The van der Waals surface area contributed by atoms with Gasteiger partial charge in [0.1, 0.15) is 11.4 Å². The topological polar surface area (TPSA) is 55.3 Å². The molecule has 2 heterocycles. The Balaban J connectivity index is 1.70. The van der Waals surface area contributed by atoms with Gasteiger partial charge in [-0.2, -0.15) is 5.10 Å². The number of benzene rings is 1. The first kappa shape index (κ1) is 16.4. The van der Waals surface area contributed by atoms with Crippen molar-refractivity contribution in [3.8, 4) is 5.75 Å². The summed E-state index contributed by atoms with van der Waals surface area (Å²) in [4.78, 5) is 14.1. The van der Waals surface area contributed by atoms with Crippen LogP contribution in [0.25, 0.3) is 0 Å². The largest absolute Gasteiger partial charge is 0.497 e. The predicted octanol–water partition coefficient (Wildman–Crippen LogP) is 2.89. The van der Waals surface area contributed by atoms with E-state index in [2.05, 4.69) is 10.2 Å². The number of piperidine rings is 1. The average molecular weight is 329 g/mol. The maximum absolute atomic E-state index is 15.3. The van der Waals surface area contributed by atoms with Crippen molar-refractivity contribution < 1.29 is 13.9 Å². The molecule has 0 radical (unpaired) electrons. The molecule has 5 nitrogen and oxygen atoms in total. The molecular weight excluding hydrogens is 309 g/mol. The van der Waals surface area contributed by atoms with Crippen LogP contribution >= 0.6 is 0 Å². The number of aryl methyl sites for hydroxylation is 1. The second-order valence-corrected chi connectivity index (χ2v) is 6.05. The average Bonchev–Trinajstić information content (AvgIpc) is 2.62. The first-order valence-electron chi connectivity index (χ1n) is 7.95. The number of hydrogen-bond acceptors (Lipinski definition) is 4. The zero-order valence-corrected chi connectivity index (χ0v) is 13.8. The van der Waals surface area contributed by atoms with E-state index in [4.69, 9.17) is 4.74 Å². The SMILES string of the molecule is COc1cccc(C2(F)CCN(C(=O)c3ccc(C)nn3)CC2)c1. The third-order valence-corrected chi connectivity index (χ3v) is 4.45. The number of likely N-dealkylation sites (tertiary alicyclic amines) is 1. The van der Waals surface area contributed by atoms with Crippen LogP contribution in [0, 0.1) is 6.92 Å². The maximum Gasteiger partial charge on any atom is 0.274 e. The molecule has 1 aromatic heterocycles. The summed E-state index contributed by atoms with van der Waals surface area (Å²) in [5.41, 5.74) is 0.216. The lowest BCUT2D eigenvalue weighted by Crippen LogP contribution is -2.43. The number of halogens is 1. The summed E-state index contributed by atoms with van der Waals surface area (Å²) in [6, 6.07) is 10.5. The van der Waals surface area contributed by atoms with Gasteiger partial charge >= 0.3 is 0 Å². The Labute approximate surface area is 140 Å². The molecule has 0 saturated carbocycles. The molecule has 1 amide bonds. The maximum atomic E-state index is 15.3. The van der Waals surface area contributed by atoms with E-state index in [0.29, 0.717) is 30.1 Å². The lowest BCUT2D eigenvalue weighted by molar-refractivity contribution is 0.0415. The van der Waals surface area contributed by atoms with E-state index in [9.17, 15) is 4.79 Å². The smallest absolute Gasteiger partial charge is 0.274 e. The predicted molar refractivity (Wildman–Crippen MR) is 87.7 cm³/mol. The minimum absolute atomic E-state index is 0.199. The van der Waals surface area contributed by atoms with Gasteiger partial charge < -0.3 is 9.64 Å². The van der Waals surface area contributed by atoms with Gasteiger partial charge in [0.15, 0.2) is 5.69 Å². The number of methoxy groups -OCH3 is 1. The summed E-state index contributed by atoms with van der Waals surface area (Å²) in [6.45, 7) is 2.51. The number of rotatable bonds is 3. The number of hydrogen-bond donors (Lipinski definition) is 0. The summed E-state index contributed by atoms with van der Waals surface area (Å²) < 4.78 is 20.5. The van der Waals surface area contributed by atoms with Gasteiger partial charge in [-0.05, 0) is 36.8 Å². The molecule has 0 aliphatic carbocycles. The van der Waals surface area contributed by atoms with Crippen molar-refractivity contribution in [3.63, 3.8) is 0 Å². The second kappa shape index (κ2) is 6.55. The minimum Gasteiger partial charge on any atom is -0.497 e. The van der Waals surface area contributed by atoms with Gasteiger partial charge in [0.2, 0.25) is 0 Å². The summed E-state index contributed by atoms with van der Waals surface area (Å²) in [5, 5.41) is 7.82. The molecule has 1 aliphatic heterocycles. The Morgan fingerprint density at radius 1 is 1.21 bits per heavy atom. The van der Waals surface area contributed by atoms with Gasteiger partial charge in [-0.3, -0.25) is 4.79 Å². The molecular formula is C18H20FN3O2. The zero-order chi connectivity index (χ0) is 17.2. The van der Waals surface area contributed by atoms with Gasteiger partial charge in [0.05, 0.1) is 12.8 Å². The fraction of sp³-hybridized carbons (Fsp3) is 0.389. The standard InChI is InChI=1S/C18H20FN3O2/c1-13-6-7-16(21-20-13)17(23)22-10-8-18(19,9-11-22)14-4-3-5-15(12-14)24-2/h3-7,12H,8-11H2,1-2H3. The van der Waals surface area contributed by atoms with E-state index in [1.165, 1.54) is 0 Å². The summed E-state index contributed by atoms with van der Waals surface area (Å²) in [6.07, 6.45) is 0.510. The molecule has 0 atom stereocenters. The van der Waals surface area contributed by atoms with Crippen molar-refractivity contribution >= 4 is 5.91 Å². The quantitative estimate of drug-likeness (QED) is 0.869. The van der Waals surface area contributed by atoms with Crippen molar-refractivity contribution in [2.24, 2.45) is 0 Å². The third-order valence-electron chi connectivity index (χ3n) is 4.45. The lowest BCUT2D eigenvalue weighted by Gasteiger charge is -2.36. The molecule has 126 valence electrons. The Morgan fingerprint density at radius 3 is 2.58 bits per heavy atom. The molecule has 0 spiro atoms. The molecule has 1 fully saturated rings. The highest BCUT2D eigenvalue weighted by molar-refractivity contribution is 5.92. The van der Waals surface area contributed by atoms with Gasteiger partial charge in [0, 0.05) is 25.9 Å². The fourth-order valence-electron chi connectivity index (χ4n) is 2.93. The zero-order valence-electron chi connectivity index (χ0n) is 13.8. The molecule has 1 saturated heterocycles. The molecule has 1 aromatic carbocycles. The van der Waals surface area contributed by atoms with Crippen molar-refractivity contribution in [2.75, 3.05) is 20.2 Å². The van der Waals surface area contributed by atoms with Crippen LogP contribution in [0.4, 0.5) is 4.39 Å². The Bertz CT molecular complexity index is 725. The molecule has 0 bridgehead atoms. The highest BCUT2D eigenvalue weighted by Crippen LogP contribution is 2.38. The van der Waals surface area contributed by atoms with Crippen molar-refractivity contribution in [1.82, 2.24) is 15.1 Å². The van der Waals surface area contributed by atoms with E-state index in [-0.39, 0.29) is 18.7 Å². The molecule has 0 unspecified atom stereocenters. The Kier molecular flexibility index (Phi) is 4.46. The second-order valence-electron chi connectivity index (χ2n) is 6.05. The van der Waals surface area contributed by atoms with Crippen molar-refractivity contribution in [2.45, 2.75) is 25.4 Å². The van der Waals surface area contributed by atoms with E-state index in [1.54, 1.807) is 48.4 Å². The van der Waals surface area contributed by atoms with Crippen LogP contribution in [0.2, 0.25) is 0 Å². The van der Waals surface area contributed by atoms with E-state index in [1.807, 2.05) is 6.92 Å². The van der Waals surface area contributed by atoms with Gasteiger partial charge in [0.25, 0.3) is 5.91 Å². The van der Waals surface area contributed by atoms with Crippen LogP contribution in [0.5, 0.6) is 5.75 Å².